The second-order valence-corrected chi connectivity index (χ2v) is 4.37. The Morgan fingerprint density at radius 2 is 1.75 bits per heavy atom. The van der Waals surface area contributed by atoms with Crippen LogP contribution in [0.25, 0.3) is 0 Å². The number of hydrogen-bond acceptors (Lipinski definition) is 2. The van der Waals surface area contributed by atoms with Crippen molar-refractivity contribution >= 4 is 6.29 Å². The molecule has 0 unspecified atom stereocenters. The topological polar surface area (TPSA) is 37.3 Å². The minimum absolute atomic E-state index is 0.220. The summed E-state index contributed by atoms with van der Waals surface area (Å²) in [6.45, 7) is 4.06. The van der Waals surface area contributed by atoms with Gasteiger partial charge in [-0.2, -0.15) is 0 Å². The van der Waals surface area contributed by atoms with Gasteiger partial charge in [0, 0.05) is 5.92 Å². The van der Waals surface area contributed by atoms with Gasteiger partial charge in [0.2, 0.25) is 0 Å². The zero-order chi connectivity index (χ0) is 12.2. The molecule has 0 aliphatic carbocycles. The van der Waals surface area contributed by atoms with Crippen LogP contribution in [0.4, 0.5) is 0 Å². The van der Waals surface area contributed by atoms with Crippen molar-refractivity contribution in [2.45, 2.75) is 64.9 Å². The molecule has 0 spiro atoms. The zero-order valence-corrected chi connectivity index (χ0v) is 10.7. The lowest BCUT2D eigenvalue weighted by molar-refractivity contribution is -0.113. The molecule has 2 atom stereocenters. The van der Waals surface area contributed by atoms with Crippen LogP contribution in [0.3, 0.4) is 0 Å². The second kappa shape index (κ2) is 10.9. The predicted octanol–water partition coefficient (Wildman–Crippen LogP) is 3.49. The Balaban J connectivity index is 3.59. The fraction of sp³-hybridized carbons (Fsp3) is 0.786. The molecule has 1 N–H and O–H groups in total. The summed E-state index contributed by atoms with van der Waals surface area (Å²) < 4.78 is 0. The van der Waals surface area contributed by atoms with Gasteiger partial charge < -0.3 is 9.90 Å². The summed E-state index contributed by atoms with van der Waals surface area (Å²) in [6.07, 6.45) is 11.9. The molecule has 2 nitrogen and oxygen atoms in total. The number of unbranched alkanes of at least 4 members (excludes halogenated alkanes) is 5. The lowest BCUT2D eigenvalue weighted by Gasteiger charge is -2.13. The van der Waals surface area contributed by atoms with Gasteiger partial charge in [-0.05, 0) is 13.3 Å². The van der Waals surface area contributed by atoms with Crippen molar-refractivity contribution in [3.05, 3.63) is 12.2 Å². The minimum atomic E-state index is -0.599. The third kappa shape index (κ3) is 7.63. The summed E-state index contributed by atoms with van der Waals surface area (Å²) in [6, 6.07) is 0. The van der Waals surface area contributed by atoms with Crippen LogP contribution in [-0.2, 0) is 4.79 Å². The highest BCUT2D eigenvalue weighted by Crippen LogP contribution is 2.14. The molecule has 0 amide bonds. The molecule has 0 aromatic heterocycles. The molecule has 0 saturated heterocycles. The van der Waals surface area contributed by atoms with Crippen LogP contribution in [0.5, 0.6) is 0 Å². The first-order valence-corrected chi connectivity index (χ1v) is 6.52. The van der Waals surface area contributed by atoms with Gasteiger partial charge in [0.1, 0.15) is 6.29 Å². The third-order valence-electron chi connectivity index (χ3n) is 2.89. The first-order chi connectivity index (χ1) is 7.76. The molecule has 0 bridgehead atoms. The van der Waals surface area contributed by atoms with Gasteiger partial charge in [-0.25, -0.2) is 0 Å². The van der Waals surface area contributed by atoms with Crippen molar-refractivity contribution in [1.82, 2.24) is 0 Å². The zero-order valence-electron chi connectivity index (χ0n) is 10.7. The summed E-state index contributed by atoms with van der Waals surface area (Å²) in [5.41, 5.74) is 0. The first kappa shape index (κ1) is 15.4. The maximum absolute atomic E-state index is 10.8. The highest BCUT2D eigenvalue weighted by Gasteiger charge is 2.14. The molecule has 0 aromatic rings. The smallest absolute Gasteiger partial charge is 0.125 e. The number of rotatable bonds is 10. The lowest BCUT2D eigenvalue weighted by atomic mass is 9.96. The van der Waals surface area contributed by atoms with Gasteiger partial charge in [-0.1, -0.05) is 57.6 Å². The van der Waals surface area contributed by atoms with Crippen molar-refractivity contribution in [3.63, 3.8) is 0 Å². The average Bonchev–Trinajstić information content (AvgIpc) is 2.28. The van der Waals surface area contributed by atoms with Gasteiger partial charge >= 0.3 is 0 Å². The van der Waals surface area contributed by atoms with E-state index in [1.807, 2.05) is 6.92 Å². The summed E-state index contributed by atoms with van der Waals surface area (Å²) in [4.78, 5) is 10.8. The van der Waals surface area contributed by atoms with Crippen LogP contribution in [0.15, 0.2) is 12.2 Å². The maximum Gasteiger partial charge on any atom is 0.125 e. The standard InChI is InChI=1S/C14H26O2/c1-3-5-6-7-8-9-11-13(12-15)14(16)10-4-2/h4,10,12-14,16H,3,5-9,11H2,1-2H3/b10-4+/t13-,14+/m1/s1. The van der Waals surface area contributed by atoms with Crippen molar-refractivity contribution in [2.75, 3.05) is 0 Å². The molecule has 0 fully saturated rings. The molecule has 2 heteroatoms. The van der Waals surface area contributed by atoms with Gasteiger partial charge in [-0.3, -0.25) is 0 Å². The molecule has 0 rings (SSSR count). The molecular weight excluding hydrogens is 200 g/mol. The molecule has 16 heavy (non-hydrogen) atoms. The molecule has 0 aliphatic heterocycles. The first-order valence-electron chi connectivity index (χ1n) is 6.52. The molecule has 0 saturated carbocycles. The maximum atomic E-state index is 10.8. The Bertz CT molecular complexity index is 187. The van der Waals surface area contributed by atoms with E-state index in [1.165, 1.54) is 32.1 Å². The molecule has 0 aliphatic rings. The lowest BCUT2D eigenvalue weighted by Crippen LogP contribution is -2.19. The second-order valence-electron chi connectivity index (χ2n) is 4.37. The van der Waals surface area contributed by atoms with E-state index in [9.17, 15) is 9.90 Å². The minimum Gasteiger partial charge on any atom is -0.388 e. The number of aldehydes is 1. The summed E-state index contributed by atoms with van der Waals surface area (Å²) in [5, 5.41) is 9.63. The van der Waals surface area contributed by atoms with E-state index < -0.39 is 6.10 Å². The number of aliphatic hydroxyl groups excluding tert-OH is 1. The van der Waals surface area contributed by atoms with Crippen LogP contribution in [0, 0.1) is 5.92 Å². The number of carbonyl (C=O) groups excluding carboxylic acids is 1. The van der Waals surface area contributed by atoms with Crippen LogP contribution in [0.2, 0.25) is 0 Å². The van der Waals surface area contributed by atoms with Crippen LogP contribution in [0.1, 0.15) is 58.8 Å². The number of aliphatic hydroxyl groups is 1. The van der Waals surface area contributed by atoms with Crippen molar-refractivity contribution in [2.24, 2.45) is 5.92 Å². The Morgan fingerprint density at radius 1 is 1.12 bits per heavy atom. The largest absolute Gasteiger partial charge is 0.388 e. The summed E-state index contributed by atoms with van der Waals surface area (Å²) in [7, 11) is 0. The Morgan fingerprint density at radius 3 is 2.31 bits per heavy atom. The van der Waals surface area contributed by atoms with Gasteiger partial charge in [-0.15, -0.1) is 0 Å². The normalized spacial score (nSPS) is 15.2. The average molecular weight is 226 g/mol. The fourth-order valence-corrected chi connectivity index (χ4v) is 1.82. The number of carbonyl (C=O) groups is 1. The quantitative estimate of drug-likeness (QED) is 0.352. The molecule has 0 aromatic carbocycles. The van der Waals surface area contributed by atoms with Crippen LogP contribution in [-0.4, -0.2) is 17.5 Å². The van der Waals surface area contributed by atoms with Crippen molar-refractivity contribution in [1.29, 1.82) is 0 Å². The van der Waals surface area contributed by atoms with Crippen LogP contribution < -0.4 is 0 Å². The fourth-order valence-electron chi connectivity index (χ4n) is 1.82. The van der Waals surface area contributed by atoms with Crippen LogP contribution >= 0.6 is 0 Å². The molecule has 94 valence electrons. The Labute approximate surface area is 99.7 Å². The van der Waals surface area contributed by atoms with E-state index in [1.54, 1.807) is 12.2 Å². The van der Waals surface area contributed by atoms with E-state index >= 15 is 0 Å². The Hall–Kier alpha value is -0.630. The predicted molar refractivity (Wildman–Crippen MR) is 68.4 cm³/mol. The number of allylic oxidation sites excluding steroid dienone is 1. The van der Waals surface area contributed by atoms with Gasteiger partial charge in [0.05, 0.1) is 6.10 Å². The van der Waals surface area contributed by atoms with Gasteiger partial charge in [0.15, 0.2) is 0 Å². The number of hydrogen-bond donors (Lipinski definition) is 1. The van der Waals surface area contributed by atoms with Gasteiger partial charge in [0.25, 0.3) is 0 Å². The van der Waals surface area contributed by atoms with E-state index in [0.717, 1.165) is 19.1 Å². The highest BCUT2D eigenvalue weighted by atomic mass is 16.3. The molecule has 0 radical (unpaired) electrons. The van der Waals surface area contributed by atoms with E-state index in [0.29, 0.717) is 0 Å². The highest BCUT2D eigenvalue weighted by molar-refractivity contribution is 5.55. The molecule has 0 heterocycles. The monoisotopic (exact) mass is 226 g/mol. The van der Waals surface area contributed by atoms with E-state index in [-0.39, 0.29) is 5.92 Å². The summed E-state index contributed by atoms with van der Waals surface area (Å²) >= 11 is 0. The Kier molecular flexibility index (Phi) is 10.4. The van der Waals surface area contributed by atoms with Crippen molar-refractivity contribution in [3.8, 4) is 0 Å². The summed E-state index contributed by atoms with van der Waals surface area (Å²) in [5.74, 6) is -0.220. The van der Waals surface area contributed by atoms with E-state index in [4.69, 9.17) is 0 Å². The molecular formula is C14H26O2. The van der Waals surface area contributed by atoms with Crippen molar-refractivity contribution < 1.29 is 9.90 Å². The third-order valence-corrected chi connectivity index (χ3v) is 2.89. The van der Waals surface area contributed by atoms with E-state index in [2.05, 4.69) is 6.92 Å². The SMILES string of the molecule is C/C=C/[C@H](O)[C@@H](C=O)CCCCCCCC.